The van der Waals surface area contributed by atoms with Crippen LogP contribution in [0.1, 0.15) is 76.0 Å². The topological polar surface area (TPSA) is 210 Å². The second-order valence-electron chi connectivity index (χ2n) is 15.4. The zero-order chi connectivity index (χ0) is 40.1. The second kappa shape index (κ2) is 16.7. The number of amides is 6. The number of benzene rings is 1. The number of alkyl carbamates (subject to hydrolysis) is 1. The van der Waals surface area contributed by atoms with Crippen molar-refractivity contribution in [1.29, 1.82) is 0 Å². The summed E-state index contributed by atoms with van der Waals surface area (Å²) in [6.45, 7) is 12.2. The predicted molar refractivity (Wildman–Crippen MR) is 201 cm³/mol. The Morgan fingerprint density at radius 3 is 2.56 bits per heavy atom. The molecule has 3 aliphatic heterocycles. The van der Waals surface area contributed by atoms with Crippen LogP contribution in [0.2, 0.25) is 0 Å². The molecule has 3 heterocycles. The van der Waals surface area contributed by atoms with Gasteiger partial charge in [-0.2, -0.15) is 0 Å². The molecule has 1 saturated heterocycles. The first kappa shape index (κ1) is 41.0. The molecule has 16 nitrogen and oxygen atoms in total. The summed E-state index contributed by atoms with van der Waals surface area (Å²) in [6.07, 6.45) is 5.52. The summed E-state index contributed by atoms with van der Waals surface area (Å²) in [5.74, 6) is -3.29. The smallest absolute Gasteiger partial charge is 0.410 e. The molecular weight excluding hydrogens is 733 g/mol. The minimum absolute atomic E-state index is 0.00941. The van der Waals surface area contributed by atoms with Crippen molar-refractivity contribution in [2.24, 2.45) is 5.41 Å². The van der Waals surface area contributed by atoms with Gasteiger partial charge in [-0.25, -0.2) is 18.0 Å². The SMILES string of the molecule is C=CC[C@](C)(NC(=O)[C@@H]1C[C@@H]2CN1C(=O)[C@H](CNC(=O)C=C)NC(=O)OCC(C)(C)CC/C=C/c1cccc3c1CN(C3)C(=O)O2)C(=O)NS(=O)(=O)C1CC1. The largest absolute Gasteiger partial charge is 0.449 e. The van der Waals surface area contributed by atoms with E-state index in [0.29, 0.717) is 25.7 Å². The van der Waals surface area contributed by atoms with E-state index in [-0.39, 0.29) is 39.1 Å². The van der Waals surface area contributed by atoms with E-state index >= 15 is 0 Å². The van der Waals surface area contributed by atoms with E-state index in [1.807, 2.05) is 44.2 Å². The highest BCUT2D eigenvalue weighted by Crippen LogP contribution is 2.31. The quantitative estimate of drug-likeness (QED) is 0.201. The summed E-state index contributed by atoms with van der Waals surface area (Å²) in [6, 6.07) is 3.01. The number of carbonyl (C=O) groups excluding carboxylic acids is 6. The van der Waals surface area contributed by atoms with Gasteiger partial charge in [0.15, 0.2) is 0 Å². The van der Waals surface area contributed by atoms with Crippen molar-refractivity contribution >= 4 is 51.9 Å². The van der Waals surface area contributed by atoms with Gasteiger partial charge in [0.25, 0.3) is 5.91 Å². The third kappa shape index (κ3) is 10.1. The first-order valence-corrected chi connectivity index (χ1v) is 19.9. The molecule has 17 heteroatoms. The average Bonchev–Trinajstić information content (AvgIpc) is 3.78. The molecule has 0 radical (unpaired) electrons. The Labute approximate surface area is 321 Å². The molecule has 4 aliphatic rings. The number of fused-ring (bicyclic) bond motifs is 3. The highest BCUT2D eigenvalue weighted by atomic mass is 32.2. The van der Waals surface area contributed by atoms with Crippen LogP contribution in [0.25, 0.3) is 6.08 Å². The molecular formula is C38H50N6O10S. The van der Waals surface area contributed by atoms with Gasteiger partial charge in [-0.3, -0.25) is 28.8 Å². The van der Waals surface area contributed by atoms with Crippen LogP contribution in [-0.4, -0.2) is 103 Å². The van der Waals surface area contributed by atoms with Crippen molar-refractivity contribution in [1.82, 2.24) is 30.5 Å². The lowest BCUT2D eigenvalue weighted by molar-refractivity contribution is -0.141. The first-order chi connectivity index (χ1) is 25.9. The lowest BCUT2D eigenvalue weighted by Gasteiger charge is -2.33. The Hall–Kier alpha value is -5.19. The molecule has 55 heavy (non-hydrogen) atoms. The lowest BCUT2D eigenvalue weighted by atomic mass is 9.88. The molecule has 2 fully saturated rings. The van der Waals surface area contributed by atoms with Crippen LogP contribution >= 0.6 is 0 Å². The lowest BCUT2D eigenvalue weighted by Crippen LogP contribution is -2.62. The monoisotopic (exact) mass is 782 g/mol. The molecule has 4 atom stereocenters. The van der Waals surface area contributed by atoms with Crippen LogP contribution in [-0.2, 0) is 51.8 Å². The molecule has 5 rings (SSSR count). The fraction of sp³-hybridized carbons (Fsp3) is 0.526. The molecule has 4 bridgehead atoms. The van der Waals surface area contributed by atoms with Crippen molar-refractivity contribution in [2.45, 2.75) is 101 Å². The summed E-state index contributed by atoms with van der Waals surface area (Å²) in [5, 5.41) is 6.90. The van der Waals surface area contributed by atoms with E-state index in [9.17, 15) is 37.2 Å². The third-order valence-corrected chi connectivity index (χ3v) is 12.0. The molecule has 6 amide bonds. The normalized spacial score (nSPS) is 24.6. The number of ether oxygens (including phenoxy) is 2. The Balaban J connectivity index is 1.46. The molecule has 0 spiro atoms. The van der Waals surface area contributed by atoms with E-state index < -0.39 is 86.8 Å². The Kier molecular flexibility index (Phi) is 12.4. The van der Waals surface area contributed by atoms with E-state index in [4.69, 9.17) is 9.47 Å². The minimum Gasteiger partial charge on any atom is -0.449 e. The number of rotatable bonds is 10. The summed E-state index contributed by atoms with van der Waals surface area (Å²) in [5.41, 5.74) is 0.616. The third-order valence-electron chi connectivity index (χ3n) is 10.2. The summed E-state index contributed by atoms with van der Waals surface area (Å²) >= 11 is 0. The van der Waals surface area contributed by atoms with Crippen molar-refractivity contribution in [3.05, 3.63) is 66.3 Å². The van der Waals surface area contributed by atoms with Crippen LogP contribution in [0.5, 0.6) is 0 Å². The number of nitrogens with one attached hydrogen (secondary N) is 4. The van der Waals surface area contributed by atoms with Gasteiger partial charge >= 0.3 is 12.2 Å². The minimum atomic E-state index is -3.98. The van der Waals surface area contributed by atoms with Gasteiger partial charge in [-0.1, -0.05) is 56.9 Å². The first-order valence-electron chi connectivity index (χ1n) is 18.3. The van der Waals surface area contributed by atoms with E-state index in [1.54, 1.807) is 0 Å². The van der Waals surface area contributed by atoms with Gasteiger partial charge in [-0.15, -0.1) is 6.58 Å². The van der Waals surface area contributed by atoms with Crippen LogP contribution < -0.4 is 20.7 Å². The molecule has 1 aromatic carbocycles. The predicted octanol–water partition coefficient (Wildman–Crippen LogP) is 2.40. The summed E-state index contributed by atoms with van der Waals surface area (Å²) in [7, 11) is -3.98. The van der Waals surface area contributed by atoms with Crippen LogP contribution in [0, 0.1) is 5.41 Å². The van der Waals surface area contributed by atoms with Gasteiger partial charge < -0.3 is 30.3 Å². The number of hydrogen-bond acceptors (Lipinski definition) is 10. The number of carbonyl (C=O) groups is 6. The highest BCUT2D eigenvalue weighted by molar-refractivity contribution is 7.91. The second-order valence-corrected chi connectivity index (χ2v) is 17.4. The Bertz CT molecular complexity index is 1880. The highest BCUT2D eigenvalue weighted by Gasteiger charge is 2.48. The van der Waals surface area contributed by atoms with Crippen LogP contribution in [0.4, 0.5) is 9.59 Å². The van der Waals surface area contributed by atoms with Crippen molar-refractivity contribution in [2.75, 3.05) is 19.7 Å². The van der Waals surface area contributed by atoms with Crippen molar-refractivity contribution in [3.63, 3.8) is 0 Å². The maximum atomic E-state index is 14.3. The number of allylic oxidation sites excluding steroid dienone is 1. The molecule has 1 saturated carbocycles. The molecule has 0 aromatic heterocycles. The number of nitrogens with zero attached hydrogens (tertiary/aromatic N) is 2. The maximum absolute atomic E-state index is 14.3. The zero-order valence-corrected chi connectivity index (χ0v) is 32.2. The van der Waals surface area contributed by atoms with Gasteiger partial charge in [-0.05, 0) is 67.2 Å². The van der Waals surface area contributed by atoms with Crippen LogP contribution in [0.15, 0.2) is 49.6 Å². The number of cyclic esters (lactones) is 1. The van der Waals surface area contributed by atoms with Crippen LogP contribution in [0.3, 0.4) is 0 Å². The summed E-state index contributed by atoms with van der Waals surface area (Å²) < 4.78 is 38.8. The fourth-order valence-electron chi connectivity index (χ4n) is 6.75. The van der Waals surface area contributed by atoms with Gasteiger partial charge in [0.1, 0.15) is 23.7 Å². The molecule has 1 aliphatic carbocycles. The maximum Gasteiger partial charge on any atom is 0.410 e. The Morgan fingerprint density at radius 1 is 1.13 bits per heavy atom. The summed E-state index contributed by atoms with van der Waals surface area (Å²) in [4.78, 5) is 83.5. The molecule has 4 N–H and O–H groups in total. The van der Waals surface area contributed by atoms with E-state index in [2.05, 4.69) is 33.8 Å². The van der Waals surface area contributed by atoms with Crippen molar-refractivity contribution in [3.8, 4) is 0 Å². The average molecular weight is 783 g/mol. The van der Waals surface area contributed by atoms with Gasteiger partial charge in [0.2, 0.25) is 27.7 Å². The molecule has 298 valence electrons. The Morgan fingerprint density at radius 2 is 1.87 bits per heavy atom. The standard InChI is InChI=1S/C38H50N6O10S/c1-6-16-38(5,34(48)42-55(51,52)27-14-15-27)41-32(46)30-18-26-21-44(30)33(47)29(19-39-31(45)7-2)40-35(49)53-23-37(3,4)17-9-8-11-24-12-10-13-25-20-43(22-28(24)25)36(50)54-26/h6-8,10-13,26-27,29-30H,1-2,9,14-23H2,3-5H3,(H,39,45)(H,40,49)(H,41,46)(H,42,48)/b11-8+/t26-,29+,30+,38+/m1/s1. The van der Waals surface area contributed by atoms with Gasteiger partial charge in [0, 0.05) is 19.5 Å². The molecule has 0 unspecified atom stereocenters. The number of sulfonamides is 1. The van der Waals surface area contributed by atoms with Gasteiger partial charge in [0.05, 0.1) is 24.9 Å². The van der Waals surface area contributed by atoms with E-state index in [0.717, 1.165) is 27.7 Å². The van der Waals surface area contributed by atoms with E-state index in [1.165, 1.54) is 17.9 Å². The zero-order valence-electron chi connectivity index (χ0n) is 31.4. The number of hydrogen-bond donors (Lipinski definition) is 4. The fourth-order valence-corrected chi connectivity index (χ4v) is 8.16. The van der Waals surface area contributed by atoms with Crippen molar-refractivity contribution < 1.29 is 46.7 Å². The molecule has 1 aromatic rings.